The van der Waals surface area contributed by atoms with Crippen molar-refractivity contribution in [2.24, 2.45) is 10.7 Å². The minimum Gasteiger partial charge on any atom is -0.379 e. The highest BCUT2D eigenvalue weighted by atomic mass is 16.5. The van der Waals surface area contributed by atoms with Crippen LogP contribution in [0, 0.1) is 0 Å². The summed E-state index contributed by atoms with van der Waals surface area (Å²) in [5, 5.41) is 3.19. The van der Waals surface area contributed by atoms with E-state index in [1.165, 1.54) is 16.7 Å². The molecule has 0 radical (unpaired) electrons. The molecule has 5 nitrogen and oxygen atoms in total. The molecule has 0 saturated carbocycles. The number of rotatable bonds is 6. The molecule has 0 spiro atoms. The normalized spacial score (nSPS) is 15.9. The Balaban J connectivity index is 1.58. The van der Waals surface area contributed by atoms with Gasteiger partial charge in [-0.2, -0.15) is 0 Å². The zero-order chi connectivity index (χ0) is 19.1. The van der Waals surface area contributed by atoms with Crippen LogP contribution < -0.4 is 11.1 Å². The number of hydrogen-bond acceptors (Lipinski definition) is 3. The molecule has 1 heterocycles. The molecule has 1 saturated heterocycles. The first-order valence-corrected chi connectivity index (χ1v) is 9.65. The molecule has 0 unspecified atom stereocenters. The van der Waals surface area contributed by atoms with Crippen molar-refractivity contribution in [3.63, 3.8) is 0 Å². The fraction of sp³-hybridized carbons (Fsp3) is 0.409. The Labute approximate surface area is 162 Å². The predicted molar refractivity (Wildman–Crippen MR) is 112 cm³/mol. The molecule has 1 aliphatic rings. The monoisotopic (exact) mass is 366 g/mol. The first-order chi connectivity index (χ1) is 13.1. The Kier molecular flexibility index (Phi) is 6.85. The average molecular weight is 367 g/mol. The van der Waals surface area contributed by atoms with Crippen LogP contribution in [0.2, 0.25) is 0 Å². The van der Waals surface area contributed by atoms with Crippen molar-refractivity contribution in [2.75, 3.05) is 31.6 Å². The van der Waals surface area contributed by atoms with Crippen molar-refractivity contribution >= 4 is 11.6 Å². The maximum atomic E-state index is 6.08. The molecular formula is C22H30N4O. The van der Waals surface area contributed by atoms with Crippen LogP contribution in [0.5, 0.6) is 0 Å². The number of aliphatic imine (C=N–C) groups is 1. The number of morpholine rings is 1. The smallest absolute Gasteiger partial charge is 0.193 e. The van der Waals surface area contributed by atoms with Gasteiger partial charge in [-0.1, -0.05) is 50.2 Å². The van der Waals surface area contributed by atoms with Crippen LogP contribution in [0.1, 0.15) is 36.5 Å². The van der Waals surface area contributed by atoms with Gasteiger partial charge in [0.15, 0.2) is 5.96 Å². The standard InChI is InChI=1S/C22H30N4O/c1-17(2)20-7-4-8-21(14-20)25-22(23)24-15-18-5-3-6-19(13-18)16-26-9-11-27-12-10-26/h3-8,13-14,17H,9-12,15-16H2,1-2H3,(H3,23,24,25). The Hall–Kier alpha value is -2.37. The number of nitrogens with two attached hydrogens (primary N) is 1. The molecule has 0 aliphatic carbocycles. The Morgan fingerprint density at radius 3 is 2.63 bits per heavy atom. The third-order valence-corrected chi connectivity index (χ3v) is 4.76. The highest BCUT2D eigenvalue weighted by molar-refractivity contribution is 5.92. The lowest BCUT2D eigenvalue weighted by molar-refractivity contribution is 0.0342. The summed E-state index contributed by atoms with van der Waals surface area (Å²) in [5.41, 5.74) is 10.8. The molecule has 1 aliphatic heterocycles. The first-order valence-electron chi connectivity index (χ1n) is 9.65. The number of nitrogens with zero attached hydrogens (tertiary/aromatic N) is 2. The molecule has 0 bridgehead atoms. The second-order valence-electron chi connectivity index (χ2n) is 7.32. The third-order valence-electron chi connectivity index (χ3n) is 4.76. The zero-order valence-electron chi connectivity index (χ0n) is 16.3. The van der Waals surface area contributed by atoms with Crippen molar-refractivity contribution < 1.29 is 4.74 Å². The maximum Gasteiger partial charge on any atom is 0.193 e. The average Bonchev–Trinajstić information content (AvgIpc) is 2.68. The van der Waals surface area contributed by atoms with Gasteiger partial charge in [-0.05, 0) is 34.7 Å². The van der Waals surface area contributed by atoms with Crippen molar-refractivity contribution in [3.05, 3.63) is 65.2 Å². The second kappa shape index (κ2) is 9.53. The molecule has 1 fully saturated rings. The van der Waals surface area contributed by atoms with Gasteiger partial charge in [0.1, 0.15) is 0 Å². The van der Waals surface area contributed by atoms with Gasteiger partial charge < -0.3 is 15.8 Å². The number of ether oxygens (including phenoxy) is 1. The molecule has 27 heavy (non-hydrogen) atoms. The molecule has 5 heteroatoms. The molecule has 2 aromatic rings. The minimum absolute atomic E-state index is 0.439. The van der Waals surface area contributed by atoms with Gasteiger partial charge in [0.25, 0.3) is 0 Å². The Morgan fingerprint density at radius 1 is 1.11 bits per heavy atom. The van der Waals surface area contributed by atoms with E-state index in [2.05, 4.69) is 65.5 Å². The lowest BCUT2D eigenvalue weighted by atomic mass is 10.0. The molecule has 0 atom stereocenters. The van der Waals surface area contributed by atoms with Gasteiger partial charge in [0, 0.05) is 25.3 Å². The van der Waals surface area contributed by atoms with E-state index in [0.29, 0.717) is 18.4 Å². The maximum absolute atomic E-state index is 6.08. The third kappa shape index (κ3) is 6.08. The number of nitrogens with one attached hydrogen (secondary N) is 1. The van der Waals surface area contributed by atoms with E-state index < -0.39 is 0 Å². The van der Waals surface area contributed by atoms with E-state index in [9.17, 15) is 0 Å². The number of hydrogen-bond donors (Lipinski definition) is 2. The SMILES string of the molecule is CC(C)c1cccc(NC(N)=NCc2cccc(CN3CCOCC3)c2)c1. The van der Waals surface area contributed by atoms with Crippen molar-refractivity contribution in [1.82, 2.24) is 4.90 Å². The first kappa shape index (κ1) is 19.4. The molecule has 0 amide bonds. The van der Waals surface area contributed by atoms with Crippen LogP contribution in [-0.2, 0) is 17.8 Å². The number of benzene rings is 2. The molecule has 2 aromatic carbocycles. The van der Waals surface area contributed by atoms with E-state index in [1.807, 2.05) is 12.1 Å². The fourth-order valence-electron chi connectivity index (χ4n) is 3.18. The molecule has 3 N–H and O–H groups in total. The molecule has 144 valence electrons. The van der Waals surface area contributed by atoms with E-state index in [4.69, 9.17) is 10.5 Å². The summed E-state index contributed by atoms with van der Waals surface area (Å²) < 4.78 is 5.41. The predicted octanol–water partition coefficient (Wildman–Crippen LogP) is 3.57. The molecular weight excluding hydrogens is 336 g/mol. The fourth-order valence-corrected chi connectivity index (χ4v) is 3.18. The quantitative estimate of drug-likeness (QED) is 0.606. The van der Waals surface area contributed by atoms with Crippen LogP contribution in [0.3, 0.4) is 0 Å². The largest absolute Gasteiger partial charge is 0.379 e. The van der Waals surface area contributed by atoms with E-state index >= 15 is 0 Å². The summed E-state index contributed by atoms with van der Waals surface area (Å²) in [6.07, 6.45) is 0. The molecule has 3 rings (SSSR count). The van der Waals surface area contributed by atoms with Gasteiger partial charge in [0.05, 0.1) is 19.8 Å². The van der Waals surface area contributed by atoms with Crippen molar-refractivity contribution in [2.45, 2.75) is 32.9 Å². The van der Waals surface area contributed by atoms with Gasteiger partial charge in [0.2, 0.25) is 0 Å². The summed E-state index contributed by atoms with van der Waals surface area (Å²) in [6.45, 7) is 9.52. The topological polar surface area (TPSA) is 62.9 Å². The molecule has 0 aromatic heterocycles. The zero-order valence-corrected chi connectivity index (χ0v) is 16.3. The van der Waals surface area contributed by atoms with Gasteiger partial charge in [-0.15, -0.1) is 0 Å². The summed E-state index contributed by atoms with van der Waals surface area (Å²) in [6, 6.07) is 16.9. The van der Waals surface area contributed by atoms with Crippen LogP contribution in [0.15, 0.2) is 53.5 Å². The highest BCUT2D eigenvalue weighted by Crippen LogP contribution is 2.18. The Morgan fingerprint density at radius 2 is 1.85 bits per heavy atom. The lowest BCUT2D eigenvalue weighted by Crippen LogP contribution is -2.35. The van der Waals surface area contributed by atoms with Gasteiger partial charge in [-0.3, -0.25) is 4.90 Å². The van der Waals surface area contributed by atoms with Crippen LogP contribution in [-0.4, -0.2) is 37.2 Å². The lowest BCUT2D eigenvalue weighted by Gasteiger charge is -2.26. The van der Waals surface area contributed by atoms with Gasteiger partial charge >= 0.3 is 0 Å². The summed E-state index contributed by atoms with van der Waals surface area (Å²) in [5.74, 6) is 0.925. The summed E-state index contributed by atoms with van der Waals surface area (Å²) in [7, 11) is 0. The Bertz CT molecular complexity index is 766. The van der Waals surface area contributed by atoms with Crippen molar-refractivity contribution in [3.8, 4) is 0 Å². The highest BCUT2D eigenvalue weighted by Gasteiger charge is 2.10. The number of guanidine groups is 1. The van der Waals surface area contributed by atoms with Gasteiger partial charge in [-0.25, -0.2) is 4.99 Å². The van der Waals surface area contributed by atoms with Crippen molar-refractivity contribution in [1.29, 1.82) is 0 Å². The second-order valence-corrected chi connectivity index (χ2v) is 7.32. The summed E-state index contributed by atoms with van der Waals surface area (Å²) in [4.78, 5) is 6.92. The van der Waals surface area contributed by atoms with E-state index in [0.717, 1.165) is 38.5 Å². The number of anilines is 1. The van der Waals surface area contributed by atoms with Crippen LogP contribution >= 0.6 is 0 Å². The van der Waals surface area contributed by atoms with E-state index in [1.54, 1.807) is 0 Å². The minimum atomic E-state index is 0.439. The summed E-state index contributed by atoms with van der Waals surface area (Å²) >= 11 is 0. The van der Waals surface area contributed by atoms with Crippen LogP contribution in [0.4, 0.5) is 5.69 Å². The van der Waals surface area contributed by atoms with E-state index in [-0.39, 0.29) is 0 Å². The van der Waals surface area contributed by atoms with Crippen LogP contribution in [0.25, 0.3) is 0 Å².